The zero-order chi connectivity index (χ0) is 20.3. The molecule has 0 unspecified atom stereocenters. The van der Waals surface area contributed by atoms with Gasteiger partial charge in [-0.25, -0.2) is 13.9 Å². The van der Waals surface area contributed by atoms with Crippen LogP contribution in [0.25, 0.3) is 11.0 Å². The molecule has 0 atom stereocenters. The number of carbonyl (C=O) groups is 2. The smallest absolute Gasteiger partial charge is 0.338 e. The fraction of sp³-hybridized carbons (Fsp3) is 0.318. The van der Waals surface area contributed by atoms with Gasteiger partial charge in [-0.05, 0) is 50.6 Å². The average Bonchev–Trinajstić information content (AvgIpc) is 2.92. The predicted molar refractivity (Wildman–Crippen MR) is 108 cm³/mol. The number of fused-ring (bicyclic) bond motifs is 1. The van der Waals surface area contributed by atoms with Crippen molar-refractivity contribution in [3.8, 4) is 0 Å². The third-order valence-electron chi connectivity index (χ3n) is 4.77. The number of benzene rings is 2. The molecule has 28 heavy (non-hydrogen) atoms. The number of hydrogen-bond acceptors (Lipinski definition) is 3. The molecule has 146 valence electrons. The molecular formula is C22H26N3O3+. The van der Waals surface area contributed by atoms with Crippen LogP contribution in [0.2, 0.25) is 0 Å². The van der Waals surface area contributed by atoms with Gasteiger partial charge in [-0.3, -0.25) is 4.79 Å². The minimum absolute atomic E-state index is 0.115. The molecule has 0 saturated carbocycles. The molecule has 3 rings (SSSR count). The molecule has 0 aliphatic heterocycles. The van der Waals surface area contributed by atoms with E-state index in [1.807, 2.05) is 48.7 Å². The normalized spacial score (nSPS) is 10.9. The summed E-state index contributed by atoms with van der Waals surface area (Å²) in [6.07, 6.45) is 0. The van der Waals surface area contributed by atoms with Gasteiger partial charge in [0.1, 0.15) is 0 Å². The van der Waals surface area contributed by atoms with Crippen molar-refractivity contribution in [1.82, 2.24) is 4.57 Å². The summed E-state index contributed by atoms with van der Waals surface area (Å²) in [7, 11) is 0. The molecule has 6 nitrogen and oxygen atoms in total. The van der Waals surface area contributed by atoms with Crippen LogP contribution < -0.4 is 9.88 Å². The lowest BCUT2D eigenvalue weighted by Crippen LogP contribution is -2.35. The van der Waals surface area contributed by atoms with Crippen LogP contribution in [-0.4, -0.2) is 23.1 Å². The van der Waals surface area contributed by atoms with Gasteiger partial charge in [0.05, 0.1) is 18.7 Å². The van der Waals surface area contributed by atoms with Crippen molar-refractivity contribution in [1.29, 1.82) is 0 Å². The lowest BCUT2D eigenvalue weighted by molar-refractivity contribution is -0.674. The standard InChI is InChI=1S/C22H25N3O3/c1-5-24-16(4)25(14-21(26)23-18-9-7-8-15(3)12-18)20-13-17(10-11-19(20)24)22(27)28-6-2/h7-13H,5-6,14H2,1-4H3/p+1. The Labute approximate surface area is 164 Å². The fourth-order valence-corrected chi connectivity index (χ4v) is 3.47. The highest BCUT2D eigenvalue weighted by Gasteiger charge is 2.24. The molecule has 1 heterocycles. The summed E-state index contributed by atoms with van der Waals surface area (Å²) in [6.45, 7) is 9.06. The van der Waals surface area contributed by atoms with Gasteiger partial charge in [0.15, 0.2) is 17.6 Å². The highest BCUT2D eigenvalue weighted by Crippen LogP contribution is 2.18. The van der Waals surface area contributed by atoms with Crippen LogP contribution in [0.5, 0.6) is 0 Å². The van der Waals surface area contributed by atoms with Gasteiger partial charge >= 0.3 is 5.97 Å². The molecule has 3 aromatic rings. The van der Waals surface area contributed by atoms with Gasteiger partial charge < -0.3 is 10.1 Å². The number of hydrogen-bond donors (Lipinski definition) is 1. The van der Waals surface area contributed by atoms with Gasteiger partial charge in [0.2, 0.25) is 0 Å². The van der Waals surface area contributed by atoms with E-state index >= 15 is 0 Å². The molecule has 0 bridgehead atoms. The van der Waals surface area contributed by atoms with Crippen LogP contribution in [0.4, 0.5) is 5.69 Å². The van der Waals surface area contributed by atoms with Crippen molar-refractivity contribution >= 4 is 28.6 Å². The fourth-order valence-electron chi connectivity index (χ4n) is 3.47. The highest BCUT2D eigenvalue weighted by molar-refractivity contribution is 5.94. The number of ether oxygens (including phenoxy) is 1. The van der Waals surface area contributed by atoms with Gasteiger partial charge in [-0.2, -0.15) is 0 Å². The van der Waals surface area contributed by atoms with Crippen molar-refractivity contribution in [2.45, 2.75) is 40.8 Å². The second-order valence-corrected chi connectivity index (χ2v) is 6.72. The Morgan fingerprint density at radius 1 is 1.11 bits per heavy atom. The lowest BCUT2D eigenvalue weighted by atomic mass is 10.2. The summed E-state index contributed by atoms with van der Waals surface area (Å²) >= 11 is 0. The Morgan fingerprint density at radius 3 is 2.57 bits per heavy atom. The van der Waals surface area contributed by atoms with Crippen molar-refractivity contribution in [3.63, 3.8) is 0 Å². The number of esters is 1. The van der Waals surface area contributed by atoms with E-state index in [4.69, 9.17) is 4.74 Å². The third-order valence-corrected chi connectivity index (χ3v) is 4.77. The SMILES string of the molecule is CCOC(=O)c1ccc2c(c1)n(CC(=O)Nc1cccc(C)c1)c(C)[n+]2CC. The molecule has 0 aliphatic rings. The number of aryl methyl sites for hydroxylation is 2. The van der Waals surface area contributed by atoms with E-state index in [-0.39, 0.29) is 18.4 Å². The third kappa shape index (κ3) is 3.91. The van der Waals surface area contributed by atoms with Crippen molar-refractivity contribution in [3.05, 3.63) is 59.4 Å². The first-order valence-electron chi connectivity index (χ1n) is 9.51. The van der Waals surface area contributed by atoms with Crippen LogP contribution >= 0.6 is 0 Å². The maximum Gasteiger partial charge on any atom is 0.338 e. The minimum atomic E-state index is -0.359. The number of anilines is 1. The van der Waals surface area contributed by atoms with E-state index in [1.54, 1.807) is 19.1 Å². The highest BCUT2D eigenvalue weighted by atomic mass is 16.5. The number of nitrogens with one attached hydrogen (secondary N) is 1. The van der Waals surface area contributed by atoms with Crippen LogP contribution in [0.1, 0.15) is 35.6 Å². The lowest BCUT2D eigenvalue weighted by Gasteiger charge is -2.06. The largest absolute Gasteiger partial charge is 0.462 e. The molecule has 0 saturated heterocycles. The van der Waals surface area contributed by atoms with Crippen LogP contribution in [0, 0.1) is 13.8 Å². The van der Waals surface area contributed by atoms with E-state index in [9.17, 15) is 9.59 Å². The quantitative estimate of drug-likeness (QED) is 0.527. The van der Waals surface area contributed by atoms with Crippen LogP contribution in [0.3, 0.4) is 0 Å². The molecule has 2 aromatic carbocycles. The van der Waals surface area contributed by atoms with Crippen molar-refractivity contribution in [2.75, 3.05) is 11.9 Å². The Hall–Kier alpha value is -3.15. The molecular weight excluding hydrogens is 354 g/mol. The monoisotopic (exact) mass is 380 g/mol. The number of aromatic nitrogens is 2. The van der Waals surface area contributed by atoms with E-state index in [1.165, 1.54) is 0 Å². The van der Waals surface area contributed by atoms with Crippen molar-refractivity contribution in [2.24, 2.45) is 0 Å². The van der Waals surface area contributed by atoms with Gasteiger partial charge in [-0.1, -0.05) is 12.1 Å². The second-order valence-electron chi connectivity index (χ2n) is 6.72. The molecule has 0 aliphatic carbocycles. The summed E-state index contributed by atoms with van der Waals surface area (Å²) < 4.78 is 9.18. The van der Waals surface area contributed by atoms with E-state index in [0.29, 0.717) is 12.2 Å². The predicted octanol–water partition coefficient (Wildman–Crippen LogP) is 3.38. The summed E-state index contributed by atoms with van der Waals surface area (Å²) in [5.74, 6) is 0.482. The number of imidazole rings is 1. The molecule has 1 amide bonds. The number of carbonyl (C=O) groups excluding carboxylic acids is 2. The Morgan fingerprint density at radius 2 is 1.89 bits per heavy atom. The first-order valence-corrected chi connectivity index (χ1v) is 9.51. The molecule has 1 aromatic heterocycles. The summed E-state index contributed by atoms with van der Waals surface area (Å²) in [4.78, 5) is 24.8. The Kier molecular flexibility index (Phi) is 5.78. The molecule has 0 fully saturated rings. The maximum atomic E-state index is 12.7. The summed E-state index contributed by atoms with van der Waals surface area (Å²) in [5.41, 5.74) is 4.16. The topological polar surface area (TPSA) is 64.2 Å². The zero-order valence-electron chi connectivity index (χ0n) is 16.8. The van der Waals surface area contributed by atoms with E-state index in [2.05, 4.69) is 16.8 Å². The number of amides is 1. The van der Waals surface area contributed by atoms with E-state index in [0.717, 1.165) is 34.7 Å². The summed E-state index contributed by atoms with van der Waals surface area (Å²) in [5, 5.41) is 2.95. The van der Waals surface area contributed by atoms with Gasteiger partial charge in [-0.15, -0.1) is 0 Å². The number of rotatable bonds is 6. The van der Waals surface area contributed by atoms with E-state index < -0.39 is 0 Å². The second kappa shape index (κ2) is 8.25. The van der Waals surface area contributed by atoms with Crippen molar-refractivity contribution < 1.29 is 18.9 Å². The average molecular weight is 380 g/mol. The van der Waals surface area contributed by atoms with Gasteiger partial charge in [0, 0.05) is 18.7 Å². The molecule has 6 heteroatoms. The first kappa shape index (κ1) is 19.6. The minimum Gasteiger partial charge on any atom is -0.462 e. The van der Waals surface area contributed by atoms with Crippen LogP contribution in [-0.2, 0) is 22.6 Å². The Balaban J connectivity index is 1.96. The molecule has 0 spiro atoms. The molecule has 0 radical (unpaired) electrons. The van der Waals surface area contributed by atoms with Crippen LogP contribution in [0.15, 0.2) is 42.5 Å². The Bertz CT molecular complexity index is 1040. The maximum absolute atomic E-state index is 12.7. The first-order chi connectivity index (χ1) is 13.4. The zero-order valence-corrected chi connectivity index (χ0v) is 16.8. The molecule has 1 N–H and O–H groups in total. The number of nitrogens with zero attached hydrogens (tertiary/aromatic N) is 2. The van der Waals surface area contributed by atoms with Gasteiger partial charge in [0.25, 0.3) is 11.7 Å². The summed E-state index contributed by atoms with van der Waals surface area (Å²) in [6, 6.07) is 13.2.